The standard InChI is InChI=1S/C36H34ClF4N7O6/c1-53-31(52)27(14-15-28(49)30(51)42-19-16-21-4-2-3-5-26(21)38)44-29(50)22-6-12-25(13-7-22)43-32-45-33(47-34(46-32)54-20-36(39,40)41)48-35(17-18-35)23-8-10-24(37)11-9-23/h2-13,27H,14-20H2,1H3,(H,42,51)(H,44,50)(H2,43,45,46,47,48)/t27-/m0/s1. The molecule has 0 unspecified atom stereocenters. The molecule has 18 heteroatoms. The average molecular weight is 772 g/mol. The van der Waals surface area contributed by atoms with Crippen molar-refractivity contribution < 1.29 is 46.2 Å². The normalized spacial score (nSPS) is 13.6. The lowest BCUT2D eigenvalue weighted by molar-refractivity contribution is -0.154. The molecule has 0 saturated heterocycles. The number of nitrogens with zero attached hydrogens (tertiary/aromatic N) is 3. The largest absolute Gasteiger partial charge is 0.467 e. The molecule has 1 aliphatic carbocycles. The fraction of sp³-hybridized carbons (Fsp3) is 0.306. The van der Waals surface area contributed by atoms with Crippen molar-refractivity contribution in [2.24, 2.45) is 0 Å². The molecule has 4 N–H and O–H groups in total. The highest BCUT2D eigenvalue weighted by Gasteiger charge is 2.45. The van der Waals surface area contributed by atoms with Gasteiger partial charge in [0.1, 0.15) is 11.9 Å². The van der Waals surface area contributed by atoms with Crippen LogP contribution in [0.1, 0.15) is 47.2 Å². The Morgan fingerprint density at radius 2 is 1.61 bits per heavy atom. The topological polar surface area (TPSA) is 174 Å². The Balaban J connectivity index is 1.20. The number of Topliss-reactive ketones (excluding diaryl/α,β-unsaturated/α-hetero) is 1. The van der Waals surface area contributed by atoms with E-state index in [9.17, 15) is 36.7 Å². The molecule has 0 radical (unpaired) electrons. The summed E-state index contributed by atoms with van der Waals surface area (Å²) in [4.78, 5) is 62.5. The molecule has 1 atom stereocenters. The minimum Gasteiger partial charge on any atom is -0.467 e. The fourth-order valence-corrected chi connectivity index (χ4v) is 5.37. The number of ether oxygens (including phenoxy) is 2. The van der Waals surface area contributed by atoms with Crippen molar-refractivity contribution in [1.29, 1.82) is 0 Å². The molecule has 54 heavy (non-hydrogen) atoms. The van der Waals surface area contributed by atoms with E-state index in [2.05, 4.69) is 36.2 Å². The number of anilines is 3. The molecule has 284 valence electrons. The van der Waals surface area contributed by atoms with Gasteiger partial charge in [-0.1, -0.05) is 41.9 Å². The fourth-order valence-electron chi connectivity index (χ4n) is 5.24. The van der Waals surface area contributed by atoms with Crippen LogP contribution in [0.25, 0.3) is 0 Å². The number of esters is 1. The van der Waals surface area contributed by atoms with Gasteiger partial charge >= 0.3 is 18.2 Å². The monoisotopic (exact) mass is 771 g/mol. The lowest BCUT2D eigenvalue weighted by Gasteiger charge is -2.19. The second-order valence-electron chi connectivity index (χ2n) is 12.2. The number of alkyl halides is 3. The zero-order chi connectivity index (χ0) is 38.9. The SMILES string of the molecule is COC(=O)[C@H](CCC(=O)C(=O)NCCc1ccccc1F)NC(=O)c1ccc(Nc2nc(NC3(c4ccc(Cl)cc4)CC3)nc(OCC(F)(F)F)n2)cc1. The van der Waals surface area contributed by atoms with Crippen LogP contribution in [0.3, 0.4) is 0 Å². The maximum atomic E-state index is 13.8. The van der Waals surface area contributed by atoms with Gasteiger partial charge in [-0.25, -0.2) is 9.18 Å². The third-order valence-electron chi connectivity index (χ3n) is 8.22. The van der Waals surface area contributed by atoms with Gasteiger partial charge in [0.05, 0.1) is 12.6 Å². The van der Waals surface area contributed by atoms with Gasteiger partial charge in [0.25, 0.3) is 11.8 Å². The summed E-state index contributed by atoms with van der Waals surface area (Å²) < 4.78 is 62.2. The van der Waals surface area contributed by atoms with E-state index >= 15 is 0 Å². The van der Waals surface area contributed by atoms with Crippen molar-refractivity contribution in [3.8, 4) is 6.01 Å². The minimum absolute atomic E-state index is 0.0108. The van der Waals surface area contributed by atoms with Crippen LogP contribution in [-0.2, 0) is 31.1 Å². The predicted octanol–water partition coefficient (Wildman–Crippen LogP) is 5.43. The zero-order valence-electron chi connectivity index (χ0n) is 28.6. The molecular formula is C36H34ClF4N7O6. The van der Waals surface area contributed by atoms with E-state index in [4.69, 9.17) is 21.1 Å². The van der Waals surface area contributed by atoms with Crippen molar-refractivity contribution in [1.82, 2.24) is 25.6 Å². The quantitative estimate of drug-likeness (QED) is 0.0613. The summed E-state index contributed by atoms with van der Waals surface area (Å²) in [6.45, 7) is -1.62. The first-order chi connectivity index (χ1) is 25.7. The first-order valence-electron chi connectivity index (χ1n) is 16.5. The number of rotatable bonds is 17. The van der Waals surface area contributed by atoms with E-state index in [0.29, 0.717) is 29.1 Å². The Hall–Kier alpha value is -5.84. The van der Waals surface area contributed by atoms with Gasteiger partial charge in [-0.05, 0) is 79.3 Å². The minimum atomic E-state index is -4.65. The van der Waals surface area contributed by atoms with Gasteiger partial charge in [0.15, 0.2) is 6.61 Å². The van der Waals surface area contributed by atoms with Crippen molar-refractivity contribution in [3.05, 3.63) is 100 Å². The number of hydrogen-bond donors (Lipinski definition) is 4. The molecule has 2 amide bonds. The molecule has 0 spiro atoms. The third-order valence-corrected chi connectivity index (χ3v) is 8.48. The number of hydrogen-bond acceptors (Lipinski definition) is 11. The molecule has 1 saturated carbocycles. The van der Waals surface area contributed by atoms with Crippen LogP contribution in [0, 0.1) is 5.82 Å². The smallest absolute Gasteiger partial charge is 0.422 e. The van der Waals surface area contributed by atoms with Crippen LogP contribution in [0.5, 0.6) is 6.01 Å². The molecule has 1 aromatic heterocycles. The maximum Gasteiger partial charge on any atom is 0.422 e. The highest BCUT2D eigenvalue weighted by molar-refractivity contribution is 6.36. The van der Waals surface area contributed by atoms with E-state index in [0.717, 1.165) is 12.7 Å². The number of ketones is 1. The molecule has 1 aliphatic rings. The van der Waals surface area contributed by atoms with E-state index in [1.165, 1.54) is 36.4 Å². The van der Waals surface area contributed by atoms with Gasteiger partial charge in [-0.15, -0.1) is 0 Å². The summed E-state index contributed by atoms with van der Waals surface area (Å²) in [6.07, 6.45) is -3.72. The first-order valence-corrected chi connectivity index (χ1v) is 16.9. The van der Waals surface area contributed by atoms with Gasteiger partial charge < -0.3 is 30.7 Å². The summed E-state index contributed by atoms with van der Waals surface area (Å²) in [5, 5.41) is 11.5. The Morgan fingerprint density at radius 1 is 0.926 bits per heavy atom. The lowest BCUT2D eigenvalue weighted by Crippen LogP contribution is -2.42. The number of aromatic nitrogens is 3. The molecule has 4 aromatic rings. The third kappa shape index (κ3) is 11.1. The average Bonchev–Trinajstić information content (AvgIpc) is 3.93. The van der Waals surface area contributed by atoms with Crippen LogP contribution in [-0.4, -0.2) is 71.0 Å². The van der Waals surface area contributed by atoms with Crippen molar-refractivity contribution in [2.75, 3.05) is 30.9 Å². The lowest BCUT2D eigenvalue weighted by atomic mass is 10.1. The van der Waals surface area contributed by atoms with Gasteiger partial charge in [0.2, 0.25) is 17.7 Å². The Kier molecular flexibility index (Phi) is 12.6. The van der Waals surface area contributed by atoms with Crippen LogP contribution in [0.4, 0.5) is 35.1 Å². The predicted molar refractivity (Wildman–Crippen MR) is 188 cm³/mol. The first kappa shape index (κ1) is 39.4. The van der Waals surface area contributed by atoms with Gasteiger partial charge in [-0.3, -0.25) is 14.4 Å². The van der Waals surface area contributed by atoms with Crippen LogP contribution in [0.15, 0.2) is 72.8 Å². The number of benzene rings is 3. The second-order valence-corrected chi connectivity index (χ2v) is 12.6. The van der Waals surface area contributed by atoms with Crippen molar-refractivity contribution in [3.63, 3.8) is 0 Å². The Morgan fingerprint density at radius 3 is 2.26 bits per heavy atom. The Bertz CT molecular complexity index is 1980. The van der Waals surface area contributed by atoms with E-state index < -0.39 is 66.2 Å². The molecular weight excluding hydrogens is 738 g/mol. The molecule has 5 rings (SSSR count). The number of amides is 2. The van der Waals surface area contributed by atoms with Crippen LogP contribution < -0.4 is 26.0 Å². The maximum absolute atomic E-state index is 13.8. The zero-order valence-corrected chi connectivity index (χ0v) is 29.4. The summed E-state index contributed by atoms with van der Waals surface area (Å²) in [5.41, 5.74) is 1.12. The molecule has 13 nitrogen and oxygen atoms in total. The Labute approximate surface area is 311 Å². The molecule has 0 bridgehead atoms. The van der Waals surface area contributed by atoms with Crippen LogP contribution in [0.2, 0.25) is 5.02 Å². The van der Waals surface area contributed by atoms with E-state index in [1.54, 1.807) is 24.3 Å². The molecule has 1 fully saturated rings. The van der Waals surface area contributed by atoms with Gasteiger partial charge in [-0.2, -0.15) is 28.1 Å². The number of carbonyl (C=O) groups excluding carboxylic acids is 4. The van der Waals surface area contributed by atoms with E-state index in [-0.39, 0.29) is 36.8 Å². The van der Waals surface area contributed by atoms with Crippen molar-refractivity contribution in [2.45, 2.75) is 49.9 Å². The highest BCUT2D eigenvalue weighted by Crippen LogP contribution is 2.48. The number of methoxy groups -OCH3 is 1. The van der Waals surface area contributed by atoms with Crippen molar-refractivity contribution >= 4 is 52.8 Å². The number of carbonyl (C=O) groups is 4. The summed E-state index contributed by atoms with van der Waals surface area (Å²) >= 11 is 6.02. The highest BCUT2D eigenvalue weighted by atomic mass is 35.5. The number of halogens is 5. The summed E-state index contributed by atoms with van der Waals surface area (Å²) in [7, 11) is 1.10. The second kappa shape index (κ2) is 17.3. The van der Waals surface area contributed by atoms with Crippen LogP contribution >= 0.6 is 11.6 Å². The van der Waals surface area contributed by atoms with E-state index in [1.807, 2.05) is 12.1 Å². The molecule has 3 aromatic carbocycles. The molecule has 0 aliphatic heterocycles. The summed E-state index contributed by atoms with van der Waals surface area (Å²) in [5.74, 6) is -3.94. The molecule has 1 heterocycles. The number of nitrogens with one attached hydrogen (secondary N) is 4. The van der Waals surface area contributed by atoms with Gasteiger partial charge in [0, 0.05) is 29.2 Å². The summed E-state index contributed by atoms with van der Waals surface area (Å²) in [6, 6.07) is 17.0.